The Bertz CT molecular complexity index is 841. The first kappa shape index (κ1) is 19.6. The Morgan fingerprint density at radius 1 is 1.04 bits per heavy atom. The van der Waals surface area contributed by atoms with Crippen LogP contribution in [-0.4, -0.2) is 33.9 Å². The zero-order chi connectivity index (χ0) is 19.3. The van der Waals surface area contributed by atoms with Crippen molar-refractivity contribution in [2.24, 2.45) is 0 Å². The molecule has 1 fully saturated rings. The highest BCUT2D eigenvalue weighted by atomic mass is 32.2. The number of hydrogen-bond donors (Lipinski definition) is 1. The van der Waals surface area contributed by atoms with Crippen LogP contribution in [0.2, 0.25) is 0 Å². The largest absolute Gasteiger partial charge is 0.468 e. The molecule has 144 valence electrons. The number of carbonyl (C=O) groups excluding carboxylic acids is 1. The van der Waals surface area contributed by atoms with Crippen LogP contribution in [0, 0.1) is 0 Å². The summed E-state index contributed by atoms with van der Waals surface area (Å²) in [6.45, 7) is 2.04. The summed E-state index contributed by atoms with van der Waals surface area (Å²) in [5.74, 6) is -0.499. The number of methoxy groups -OCH3 is 1. The van der Waals surface area contributed by atoms with E-state index in [0.717, 1.165) is 35.3 Å². The van der Waals surface area contributed by atoms with Gasteiger partial charge in [0, 0.05) is 21.7 Å². The summed E-state index contributed by atoms with van der Waals surface area (Å²) in [6, 6.07) is 20.3. The first-order valence-electron chi connectivity index (χ1n) is 9.34. The minimum absolute atomic E-state index is 0.0338. The van der Waals surface area contributed by atoms with E-state index in [0.29, 0.717) is 0 Å². The molecule has 1 unspecified atom stereocenters. The summed E-state index contributed by atoms with van der Waals surface area (Å²) in [5, 5.41) is 0. The van der Waals surface area contributed by atoms with Gasteiger partial charge in [-0.25, -0.2) is 4.72 Å². The number of benzene rings is 2. The van der Waals surface area contributed by atoms with Gasteiger partial charge in [0.25, 0.3) is 0 Å². The lowest BCUT2D eigenvalue weighted by Crippen LogP contribution is -2.45. The third-order valence-corrected chi connectivity index (χ3v) is 7.86. The van der Waals surface area contributed by atoms with E-state index < -0.39 is 15.7 Å². The highest BCUT2D eigenvalue weighted by molar-refractivity contribution is 8.01. The van der Waals surface area contributed by atoms with E-state index in [1.54, 1.807) is 0 Å². The highest BCUT2D eigenvalue weighted by Gasteiger charge is 2.29. The Labute approximate surface area is 162 Å². The maximum atomic E-state index is 13.7. The molecule has 4 nitrogen and oxygen atoms in total. The number of esters is 1. The molecule has 0 heterocycles. The summed E-state index contributed by atoms with van der Waals surface area (Å²) < 4.78 is 21.8. The molecule has 27 heavy (non-hydrogen) atoms. The van der Waals surface area contributed by atoms with Crippen LogP contribution < -0.4 is 4.72 Å². The molecule has 0 saturated heterocycles. The molecular weight excluding hydrogens is 358 g/mol. The van der Waals surface area contributed by atoms with Crippen molar-refractivity contribution in [2.75, 3.05) is 12.9 Å². The van der Waals surface area contributed by atoms with E-state index in [1.807, 2.05) is 43.3 Å². The van der Waals surface area contributed by atoms with E-state index in [2.05, 4.69) is 29.0 Å². The molecule has 1 aliphatic carbocycles. The van der Waals surface area contributed by atoms with Crippen LogP contribution in [0.15, 0.2) is 60.7 Å². The summed E-state index contributed by atoms with van der Waals surface area (Å²) >= 11 is 0. The first-order valence-corrected chi connectivity index (χ1v) is 11.1. The lowest BCUT2D eigenvalue weighted by atomic mass is 9.86. The van der Waals surface area contributed by atoms with Crippen LogP contribution in [0.5, 0.6) is 0 Å². The van der Waals surface area contributed by atoms with Gasteiger partial charge in [-0.3, -0.25) is 9.00 Å². The van der Waals surface area contributed by atoms with Gasteiger partial charge in [0.2, 0.25) is 0 Å². The average Bonchev–Trinajstić information content (AvgIpc) is 2.61. The molecule has 3 rings (SSSR count). The van der Waals surface area contributed by atoms with Gasteiger partial charge in [-0.2, -0.15) is 0 Å². The molecule has 0 spiro atoms. The van der Waals surface area contributed by atoms with Gasteiger partial charge in [-0.1, -0.05) is 60.7 Å². The molecule has 1 N–H and O–H groups in total. The molecule has 1 aliphatic rings. The van der Waals surface area contributed by atoms with Gasteiger partial charge < -0.3 is 4.74 Å². The minimum atomic E-state index is -2.61. The molecule has 2 aromatic carbocycles. The number of nitrogens with one attached hydrogen (secondary N) is 1. The molecular formula is C22H27NO3S. The molecule has 0 amide bonds. The third-order valence-electron chi connectivity index (χ3n) is 5.12. The number of ether oxygens (including phenoxy) is 1. The lowest BCUT2D eigenvalue weighted by Gasteiger charge is -2.31. The Morgan fingerprint density at radius 3 is 1.96 bits per heavy atom. The first-order chi connectivity index (χ1) is 13.0. The van der Waals surface area contributed by atoms with Crippen LogP contribution in [0.3, 0.4) is 0 Å². The van der Waals surface area contributed by atoms with Crippen LogP contribution in [0.1, 0.15) is 43.2 Å². The van der Waals surface area contributed by atoms with Crippen molar-refractivity contribution in [3.63, 3.8) is 0 Å². The average molecular weight is 386 g/mol. The zero-order valence-electron chi connectivity index (χ0n) is 15.9. The molecule has 2 atom stereocenters. The van der Waals surface area contributed by atoms with Crippen LogP contribution in [0.25, 0.3) is 0 Å². The smallest absolute Gasteiger partial charge is 0.319 e. The lowest BCUT2D eigenvalue weighted by molar-refractivity contribution is -0.137. The van der Waals surface area contributed by atoms with Gasteiger partial charge in [-0.15, -0.1) is 0 Å². The van der Waals surface area contributed by atoms with Gasteiger partial charge >= 0.3 is 5.97 Å². The molecule has 5 heteroatoms. The van der Waals surface area contributed by atoms with Gasteiger partial charge in [-0.05, 0) is 42.2 Å². The summed E-state index contributed by atoms with van der Waals surface area (Å²) in [6.07, 6.45) is 2.66. The summed E-state index contributed by atoms with van der Waals surface area (Å²) in [7, 11) is -1.27. The maximum absolute atomic E-state index is 13.7. The Morgan fingerprint density at radius 2 is 1.56 bits per heavy atom. The van der Waals surface area contributed by atoms with E-state index >= 15 is 0 Å². The maximum Gasteiger partial charge on any atom is 0.319 e. The molecule has 0 bridgehead atoms. The second-order valence-electron chi connectivity index (χ2n) is 6.99. The van der Waals surface area contributed by atoms with E-state index in [9.17, 15) is 9.00 Å². The van der Waals surface area contributed by atoms with Crippen molar-refractivity contribution in [1.29, 1.82) is 0 Å². The van der Waals surface area contributed by atoms with Crippen LogP contribution in [0.4, 0.5) is 0 Å². The van der Waals surface area contributed by atoms with Crippen molar-refractivity contribution in [3.05, 3.63) is 71.8 Å². The molecule has 1 saturated carbocycles. The Hall–Kier alpha value is -2.11. The van der Waals surface area contributed by atoms with Crippen molar-refractivity contribution >= 4 is 20.5 Å². The van der Waals surface area contributed by atoms with Crippen molar-refractivity contribution in [1.82, 2.24) is 4.72 Å². The predicted molar refractivity (Wildman–Crippen MR) is 111 cm³/mol. The van der Waals surface area contributed by atoms with E-state index in [4.69, 9.17) is 4.74 Å². The predicted octanol–water partition coefficient (Wildman–Crippen LogP) is 3.53. The number of rotatable bonds is 7. The molecule has 0 aromatic heterocycles. The summed E-state index contributed by atoms with van der Waals surface area (Å²) in [4.78, 5) is 12.9. The third kappa shape index (κ3) is 4.60. The van der Waals surface area contributed by atoms with Gasteiger partial charge in [0.15, 0.2) is 0 Å². The Balaban J connectivity index is 1.95. The fourth-order valence-corrected chi connectivity index (χ4v) is 6.15. The molecule has 0 radical (unpaired) electrons. The van der Waals surface area contributed by atoms with Crippen molar-refractivity contribution in [3.8, 4) is 0 Å². The van der Waals surface area contributed by atoms with Gasteiger partial charge in [0.05, 0.1) is 7.11 Å². The second-order valence-corrected chi connectivity index (χ2v) is 9.45. The van der Waals surface area contributed by atoms with Crippen molar-refractivity contribution in [2.45, 2.75) is 38.1 Å². The SMILES string of the molecule is COC(=O)CS(=O)(N[C@@H](C)C(c1ccccc1)c1ccccc1)=C1CCC1. The topological polar surface area (TPSA) is 55.4 Å². The second kappa shape index (κ2) is 8.72. The highest BCUT2D eigenvalue weighted by Crippen LogP contribution is 2.29. The molecule has 2 aromatic rings. The normalized spacial score (nSPS) is 17.1. The van der Waals surface area contributed by atoms with Crippen LogP contribution in [-0.2, 0) is 19.2 Å². The zero-order valence-corrected chi connectivity index (χ0v) is 16.7. The Kier molecular flexibility index (Phi) is 6.34. The standard InChI is InChI=1S/C22H27NO3S/c1-17(23-27(25,16-21(24)26-2)20-14-9-15-20)22(18-10-5-3-6-11-18)19-12-7-4-8-13-19/h3-8,10-13,17,22H,9,14-16H2,1-2H3,(H,23,25)/t17-,27?/m0/s1. The fourth-order valence-electron chi connectivity index (χ4n) is 3.56. The van der Waals surface area contributed by atoms with E-state index in [1.165, 1.54) is 7.11 Å². The van der Waals surface area contributed by atoms with E-state index in [-0.39, 0.29) is 17.7 Å². The monoisotopic (exact) mass is 385 g/mol. The summed E-state index contributed by atoms with van der Waals surface area (Å²) in [5.41, 5.74) is 2.31. The number of carbonyl (C=O) groups is 1. The number of hydrogen-bond acceptors (Lipinski definition) is 3. The van der Waals surface area contributed by atoms with Crippen molar-refractivity contribution < 1.29 is 13.7 Å². The molecule has 0 aliphatic heterocycles. The minimum Gasteiger partial charge on any atom is -0.468 e. The fraction of sp³-hybridized carbons (Fsp3) is 0.364. The quantitative estimate of drug-likeness (QED) is 0.586. The van der Waals surface area contributed by atoms with Crippen LogP contribution >= 0.6 is 0 Å². The van der Waals surface area contributed by atoms with Gasteiger partial charge in [0.1, 0.15) is 5.75 Å².